The zero-order chi connectivity index (χ0) is 33.4. The second-order valence-electron chi connectivity index (χ2n) is 10.7. The third-order valence-corrected chi connectivity index (χ3v) is 8.50. The van der Waals surface area contributed by atoms with Gasteiger partial charge in [-0.1, -0.05) is 24.0 Å². The van der Waals surface area contributed by atoms with Gasteiger partial charge in [-0.05, 0) is 29.5 Å². The number of amides is 1. The summed E-state index contributed by atoms with van der Waals surface area (Å²) in [5, 5.41) is 36.6. The molecule has 0 spiro atoms. The van der Waals surface area contributed by atoms with Crippen molar-refractivity contribution in [2.75, 3.05) is 63.7 Å². The number of hydrogen-bond donors (Lipinski definition) is 6. The molecular weight excluding hydrogens is 635 g/mol. The van der Waals surface area contributed by atoms with Gasteiger partial charge in [-0.3, -0.25) is 9.69 Å². The second kappa shape index (κ2) is 15.7. The van der Waals surface area contributed by atoms with Crippen LogP contribution in [0.15, 0.2) is 30.3 Å². The minimum atomic E-state index is -4.52. The minimum absolute atomic E-state index is 0.0128. The Bertz CT molecular complexity index is 1570. The Labute approximate surface area is 266 Å². The van der Waals surface area contributed by atoms with Crippen LogP contribution in [0.4, 0.5) is 33.3 Å². The van der Waals surface area contributed by atoms with Gasteiger partial charge >= 0.3 is 6.18 Å². The number of fused-ring (bicyclic) bond motifs is 1. The number of aliphatic hydroxyl groups is 3. The van der Waals surface area contributed by atoms with Gasteiger partial charge in [0, 0.05) is 32.7 Å². The van der Waals surface area contributed by atoms with Crippen molar-refractivity contribution in [3.8, 4) is 17.6 Å². The van der Waals surface area contributed by atoms with E-state index in [1.54, 1.807) is 23.1 Å². The minimum Gasteiger partial charge on any atom is -0.489 e. The highest BCUT2D eigenvalue weighted by Crippen LogP contribution is 2.39. The highest BCUT2D eigenvalue weighted by molar-refractivity contribution is 7.20. The summed E-state index contributed by atoms with van der Waals surface area (Å²) in [6.07, 6.45) is -7.67. The van der Waals surface area contributed by atoms with E-state index in [-0.39, 0.29) is 60.3 Å². The van der Waals surface area contributed by atoms with Crippen molar-refractivity contribution in [1.82, 2.24) is 10.2 Å². The molecule has 1 aliphatic heterocycles. The fourth-order valence-corrected chi connectivity index (χ4v) is 6.32. The molecule has 46 heavy (non-hydrogen) atoms. The molecule has 1 fully saturated rings. The predicted octanol–water partition coefficient (Wildman–Crippen LogP) is 3.52. The molecule has 250 valence electrons. The van der Waals surface area contributed by atoms with Crippen molar-refractivity contribution in [1.29, 1.82) is 0 Å². The molecule has 3 atom stereocenters. The number of carbonyl (C=O) groups excluding carboxylic acids is 1. The van der Waals surface area contributed by atoms with Crippen LogP contribution in [0.1, 0.15) is 27.2 Å². The monoisotopic (exact) mass is 670 g/mol. The first-order chi connectivity index (χ1) is 21.9. The molecule has 0 radical (unpaired) electrons. The molecule has 3 unspecified atom stereocenters. The average Bonchev–Trinajstić information content (AvgIpc) is 3.36. The van der Waals surface area contributed by atoms with Crippen LogP contribution in [0.3, 0.4) is 0 Å². The summed E-state index contributed by atoms with van der Waals surface area (Å²) < 4.78 is 76.6. The molecule has 2 aromatic carbocycles. The number of anilines is 2. The number of likely N-dealkylation sites (tertiary alicyclic amines) is 1. The smallest absolute Gasteiger partial charge is 0.393 e. The van der Waals surface area contributed by atoms with Crippen LogP contribution in [-0.2, 0) is 6.42 Å². The maximum absolute atomic E-state index is 15.1. The lowest BCUT2D eigenvalue weighted by Gasteiger charge is -2.36. The van der Waals surface area contributed by atoms with E-state index in [0.29, 0.717) is 28.7 Å². The van der Waals surface area contributed by atoms with Gasteiger partial charge in [0.05, 0.1) is 64.8 Å². The Morgan fingerprint density at radius 2 is 2.02 bits per heavy atom. The van der Waals surface area contributed by atoms with Crippen molar-refractivity contribution in [3.05, 3.63) is 52.2 Å². The number of carbonyl (C=O) groups is 1. The van der Waals surface area contributed by atoms with Crippen LogP contribution in [0.5, 0.6) is 5.75 Å². The maximum Gasteiger partial charge on any atom is 0.393 e. The van der Waals surface area contributed by atoms with Gasteiger partial charge < -0.3 is 36.0 Å². The number of benzene rings is 2. The number of ether oxygens (including phenoxy) is 1. The molecule has 0 aliphatic carbocycles. The summed E-state index contributed by atoms with van der Waals surface area (Å²) in [7, 11) is 1.34. The number of β-amino-alcohol motifs (C(OH)–C–C–N with tert-alkyl or cyclic N) is 1. The molecule has 1 aliphatic rings. The van der Waals surface area contributed by atoms with E-state index in [2.05, 4.69) is 27.8 Å². The summed E-state index contributed by atoms with van der Waals surface area (Å²) in [6, 6.07) is 6.43. The Balaban J connectivity index is 1.57. The summed E-state index contributed by atoms with van der Waals surface area (Å²) in [5.41, 5.74) is 0.319. The van der Waals surface area contributed by atoms with E-state index in [4.69, 9.17) is 14.9 Å². The third kappa shape index (κ3) is 8.98. The topological polar surface area (TPSA) is 126 Å². The molecule has 0 bridgehead atoms. The van der Waals surface area contributed by atoms with E-state index < -0.39 is 49.2 Å². The maximum atomic E-state index is 15.1. The molecule has 0 saturated carbocycles. The number of rotatable bonds is 12. The van der Waals surface area contributed by atoms with Gasteiger partial charge in [-0.2, -0.15) is 13.2 Å². The molecule has 4 rings (SSSR count). The zero-order valence-corrected chi connectivity index (χ0v) is 25.7. The number of piperidine rings is 1. The van der Waals surface area contributed by atoms with E-state index >= 15 is 4.39 Å². The van der Waals surface area contributed by atoms with Crippen LogP contribution < -0.4 is 20.7 Å². The SMILES string of the molecule is CNC(=O)c1cc(OCCO)c(NCC#Cc2sc3c(NC4CCN(CC(O)CO)CC4F)cccc3c2CC(F)(F)F)cc1F. The van der Waals surface area contributed by atoms with E-state index in [9.17, 15) is 27.5 Å². The predicted molar refractivity (Wildman–Crippen MR) is 166 cm³/mol. The first-order valence-corrected chi connectivity index (χ1v) is 15.3. The van der Waals surface area contributed by atoms with Crippen LogP contribution in [0, 0.1) is 17.7 Å². The van der Waals surface area contributed by atoms with Gasteiger partial charge in [0.25, 0.3) is 5.91 Å². The van der Waals surface area contributed by atoms with Gasteiger partial charge in [-0.15, -0.1) is 11.3 Å². The Morgan fingerprint density at radius 1 is 1.24 bits per heavy atom. The number of nitrogens with zero attached hydrogens (tertiary/aromatic N) is 1. The summed E-state index contributed by atoms with van der Waals surface area (Å²) in [4.78, 5) is 13.9. The van der Waals surface area contributed by atoms with Gasteiger partial charge in [0.2, 0.25) is 0 Å². The molecule has 1 aromatic heterocycles. The van der Waals surface area contributed by atoms with Crippen LogP contribution in [0.25, 0.3) is 10.1 Å². The molecule has 15 heteroatoms. The number of hydrogen-bond acceptors (Lipinski definition) is 9. The first-order valence-electron chi connectivity index (χ1n) is 14.5. The summed E-state index contributed by atoms with van der Waals surface area (Å²) in [6.45, 7) is -0.389. The number of halogens is 5. The third-order valence-electron chi connectivity index (χ3n) is 7.30. The summed E-state index contributed by atoms with van der Waals surface area (Å²) >= 11 is 1.05. The lowest BCUT2D eigenvalue weighted by molar-refractivity contribution is -0.126. The zero-order valence-electron chi connectivity index (χ0n) is 24.9. The molecule has 6 N–H and O–H groups in total. The lowest BCUT2D eigenvalue weighted by atomic mass is 10.0. The molecular formula is C31H35F5N4O5S. The molecule has 2 heterocycles. The standard InChI is InChI=1S/C31H35F5N4O5S/c1-37-30(44)20-12-27(45-11-10-41)26(13-22(20)32)38-8-3-6-28-21(14-31(34,35)36)19-4-2-5-25(29(19)46-28)39-24-7-9-40(16-23(24)33)15-18(43)17-42/h2,4-5,12-13,18,23-24,38-39,41-43H,7-11,14-17H2,1H3,(H,37,44). The van der Waals surface area contributed by atoms with Crippen molar-refractivity contribution in [3.63, 3.8) is 0 Å². The lowest BCUT2D eigenvalue weighted by Crippen LogP contribution is -2.50. The quantitative estimate of drug-likeness (QED) is 0.128. The largest absolute Gasteiger partial charge is 0.489 e. The number of thiophene rings is 1. The molecule has 1 saturated heterocycles. The van der Waals surface area contributed by atoms with Crippen molar-refractivity contribution < 1.29 is 46.8 Å². The van der Waals surface area contributed by atoms with Gasteiger partial charge in [0.1, 0.15) is 24.3 Å². The van der Waals surface area contributed by atoms with Crippen molar-refractivity contribution in [2.45, 2.75) is 37.3 Å². The highest BCUT2D eigenvalue weighted by Gasteiger charge is 2.33. The van der Waals surface area contributed by atoms with Gasteiger partial charge in [-0.25, -0.2) is 8.78 Å². The first kappa shape index (κ1) is 35.2. The van der Waals surface area contributed by atoms with E-state index in [1.807, 2.05) is 0 Å². The van der Waals surface area contributed by atoms with Crippen LogP contribution in [-0.4, -0.2) is 104 Å². The Kier molecular flexibility index (Phi) is 12.0. The normalized spacial score (nSPS) is 17.7. The Hall–Kier alpha value is -3.68. The molecule has 1 amide bonds. The number of nitrogens with one attached hydrogen (secondary N) is 3. The molecule has 3 aromatic rings. The van der Waals surface area contributed by atoms with Crippen molar-refractivity contribution in [2.24, 2.45) is 0 Å². The highest BCUT2D eigenvalue weighted by atomic mass is 32.1. The summed E-state index contributed by atoms with van der Waals surface area (Å²) in [5.74, 6) is 4.12. The number of alkyl halides is 4. The average molecular weight is 671 g/mol. The van der Waals surface area contributed by atoms with Gasteiger partial charge in [0.15, 0.2) is 0 Å². The van der Waals surface area contributed by atoms with E-state index in [0.717, 1.165) is 17.4 Å². The van der Waals surface area contributed by atoms with Crippen LogP contribution >= 0.6 is 11.3 Å². The molecule has 9 nitrogen and oxygen atoms in total. The van der Waals surface area contributed by atoms with Crippen LogP contribution in [0.2, 0.25) is 0 Å². The fourth-order valence-electron chi connectivity index (χ4n) is 5.15. The second-order valence-corrected chi connectivity index (χ2v) is 11.7. The fraction of sp³-hybridized carbons (Fsp3) is 0.452. The van der Waals surface area contributed by atoms with Crippen molar-refractivity contribution >= 4 is 38.7 Å². The van der Waals surface area contributed by atoms with E-state index in [1.165, 1.54) is 13.1 Å². The number of aliphatic hydroxyl groups excluding tert-OH is 3. The Morgan fingerprint density at radius 3 is 2.70 bits per heavy atom.